The van der Waals surface area contributed by atoms with Crippen LogP contribution in [0.2, 0.25) is 0 Å². The molecule has 0 fully saturated rings. The highest BCUT2D eigenvalue weighted by Gasteiger charge is 2.15. The summed E-state index contributed by atoms with van der Waals surface area (Å²) in [7, 11) is 5.61. The second-order valence-electron chi connectivity index (χ2n) is 4.65. The van der Waals surface area contributed by atoms with Gasteiger partial charge in [0.25, 0.3) is 0 Å². The molecule has 1 N–H and O–H groups in total. The van der Waals surface area contributed by atoms with Crippen LogP contribution in [-0.4, -0.2) is 35.3 Å². The molecule has 0 aliphatic carbocycles. The molecule has 1 heterocycles. The van der Waals surface area contributed by atoms with Crippen molar-refractivity contribution < 1.29 is 9.52 Å². The van der Waals surface area contributed by atoms with E-state index in [0.717, 1.165) is 11.1 Å². The van der Waals surface area contributed by atoms with Crippen molar-refractivity contribution in [2.45, 2.75) is 12.5 Å². The van der Waals surface area contributed by atoms with E-state index in [9.17, 15) is 4.79 Å². The summed E-state index contributed by atoms with van der Waals surface area (Å²) in [6, 6.07) is 5.84. The highest BCUT2D eigenvalue weighted by Crippen LogP contribution is 2.25. The number of oxazole rings is 1. The minimum absolute atomic E-state index is 0.116. The maximum Gasteiger partial charge on any atom is 0.419 e. The lowest BCUT2D eigenvalue weighted by atomic mass is 10.0. The topological polar surface area (TPSA) is 58.6 Å². The molecule has 1 unspecified atom stereocenters. The Morgan fingerprint density at radius 2 is 2.17 bits per heavy atom. The quantitative estimate of drug-likeness (QED) is 0.883. The molecular weight excluding hydrogens is 232 g/mol. The summed E-state index contributed by atoms with van der Waals surface area (Å²) in [5.41, 5.74) is 2.41. The summed E-state index contributed by atoms with van der Waals surface area (Å²) >= 11 is 0. The molecule has 0 saturated heterocycles. The van der Waals surface area contributed by atoms with E-state index in [4.69, 9.17) is 9.52 Å². The fourth-order valence-electron chi connectivity index (χ4n) is 2.20. The van der Waals surface area contributed by atoms with E-state index >= 15 is 0 Å². The predicted octanol–water partition coefficient (Wildman–Crippen LogP) is 1.12. The maximum absolute atomic E-state index is 11.4. The Balaban J connectivity index is 2.48. The number of aryl methyl sites for hydroxylation is 1. The third-order valence-electron chi connectivity index (χ3n) is 3.23. The van der Waals surface area contributed by atoms with Gasteiger partial charge in [-0.2, -0.15) is 0 Å². The van der Waals surface area contributed by atoms with Gasteiger partial charge in [-0.3, -0.25) is 4.57 Å². The van der Waals surface area contributed by atoms with Crippen molar-refractivity contribution in [2.75, 3.05) is 20.7 Å². The van der Waals surface area contributed by atoms with Crippen molar-refractivity contribution in [3.05, 3.63) is 34.3 Å². The van der Waals surface area contributed by atoms with Gasteiger partial charge in [-0.05, 0) is 38.2 Å². The first kappa shape index (κ1) is 12.9. The van der Waals surface area contributed by atoms with Crippen LogP contribution in [0.15, 0.2) is 27.4 Å². The lowest BCUT2D eigenvalue weighted by Crippen LogP contribution is -2.20. The monoisotopic (exact) mass is 250 g/mol. The Labute approximate surface area is 105 Å². The number of aliphatic hydroxyl groups excluding tert-OH is 1. The van der Waals surface area contributed by atoms with Gasteiger partial charge in [-0.1, -0.05) is 6.07 Å². The van der Waals surface area contributed by atoms with Crippen LogP contribution in [0.25, 0.3) is 11.1 Å². The van der Waals surface area contributed by atoms with E-state index in [1.54, 1.807) is 7.05 Å². The molecule has 2 aromatic rings. The zero-order chi connectivity index (χ0) is 13.3. The first-order valence-electron chi connectivity index (χ1n) is 5.91. The number of aliphatic hydroxyl groups is 1. The van der Waals surface area contributed by atoms with Gasteiger partial charge in [0.05, 0.1) is 5.52 Å². The molecule has 5 heteroatoms. The Morgan fingerprint density at radius 1 is 1.44 bits per heavy atom. The van der Waals surface area contributed by atoms with Crippen LogP contribution in [0, 0.1) is 0 Å². The molecule has 0 aliphatic rings. The molecule has 0 saturated carbocycles. The highest BCUT2D eigenvalue weighted by molar-refractivity contribution is 5.73. The van der Waals surface area contributed by atoms with Gasteiger partial charge in [-0.15, -0.1) is 0 Å². The fraction of sp³-hybridized carbons (Fsp3) is 0.462. The lowest BCUT2D eigenvalue weighted by Gasteiger charge is -2.23. The van der Waals surface area contributed by atoms with Gasteiger partial charge in [0.15, 0.2) is 5.58 Å². The minimum atomic E-state index is -0.356. The van der Waals surface area contributed by atoms with E-state index in [1.165, 1.54) is 4.57 Å². The summed E-state index contributed by atoms with van der Waals surface area (Å²) in [4.78, 5) is 13.5. The van der Waals surface area contributed by atoms with Crippen molar-refractivity contribution in [1.82, 2.24) is 9.47 Å². The third-order valence-corrected chi connectivity index (χ3v) is 3.23. The van der Waals surface area contributed by atoms with Gasteiger partial charge in [0.2, 0.25) is 0 Å². The second kappa shape index (κ2) is 4.96. The van der Waals surface area contributed by atoms with E-state index in [1.807, 2.05) is 37.2 Å². The van der Waals surface area contributed by atoms with Crippen LogP contribution in [0.1, 0.15) is 18.0 Å². The molecule has 1 aromatic carbocycles. The van der Waals surface area contributed by atoms with Gasteiger partial charge in [0, 0.05) is 19.7 Å². The summed E-state index contributed by atoms with van der Waals surface area (Å²) in [6.07, 6.45) is 0.648. The summed E-state index contributed by atoms with van der Waals surface area (Å²) in [6.45, 7) is 0.125. The fourth-order valence-corrected chi connectivity index (χ4v) is 2.20. The molecule has 2 rings (SSSR count). The van der Waals surface area contributed by atoms with E-state index in [-0.39, 0.29) is 18.4 Å². The molecule has 0 spiro atoms. The Kier molecular flexibility index (Phi) is 3.54. The zero-order valence-electron chi connectivity index (χ0n) is 10.9. The van der Waals surface area contributed by atoms with Crippen molar-refractivity contribution in [3.8, 4) is 0 Å². The average Bonchev–Trinajstić information content (AvgIpc) is 2.61. The molecule has 0 radical (unpaired) electrons. The number of aromatic nitrogens is 1. The van der Waals surface area contributed by atoms with Crippen LogP contribution in [-0.2, 0) is 7.05 Å². The Hall–Kier alpha value is -1.59. The molecular formula is C13H18N2O3. The van der Waals surface area contributed by atoms with Gasteiger partial charge in [0.1, 0.15) is 0 Å². The number of hydrogen-bond donors (Lipinski definition) is 1. The number of nitrogens with zero attached hydrogens (tertiary/aromatic N) is 2. The smallest absolute Gasteiger partial charge is 0.408 e. The van der Waals surface area contributed by atoms with Gasteiger partial charge < -0.3 is 14.4 Å². The molecule has 0 aliphatic heterocycles. The van der Waals surface area contributed by atoms with Crippen LogP contribution in [0.4, 0.5) is 0 Å². The van der Waals surface area contributed by atoms with Crippen molar-refractivity contribution >= 4 is 11.1 Å². The van der Waals surface area contributed by atoms with E-state index in [0.29, 0.717) is 12.0 Å². The Morgan fingerprint density at radius 3 is 2.78 bits per heavy atom. The van der Waals surface area contributed by atoms with Crippen molar-refractivity contribution in [3.63, 3.8) is 0 Å². The summed E-state index contributed by atoms with van der Waals surface area (Å²) in [5, 5.41) is 9.10. The molecule has 98 valence electrons. The Bertz CT molecular complexity index is 598. The summed E-state index contributed by atoms with van der Waals surface area (Å²) in [5.74, 6) is -0.356. The maximum atomic E-state index is 11.4. The highest BCUT2D eigenvalue weighted by atomic mass is 16.4. The van der Waals surface area contributed by atoms with Crippen LogP contribution < -0.4 is 5.76 Å². The SMILES string of the molecule is CN(C)C(CCO)c1ccc2c(c1)oc(=O)n2C. The van der Waals surface area contributed by atoms with Crippen molar-refractivity contribution in [2.24, 2.45) is 7.05 Å². The minimum Gasteiger partial charge on any atom is -0.408 e. The molecule has 0 bridgehead atoms. The number of benzene rings is 1. The molecule has 1 aromatic heterocycles. The average molecular weight is 250 g/mol. The van der Waals surface area contributed by atoms with Crippen LogP contribution in [0.3, 0.4) is 0 Å². The molecule has 18 heavy (non-hydrogen) atoms. The predicted molar refractivity (Wildman–Crippen MR) is 69.6 cm³/mol. The lowest BCUT2D eigenvalue weighted by molar-refractivity contribution is 0.211. The molecule has 1 atom stereocenters. The first-order valence-corrected chi connectivity index (χ1v) is 5.91. The van der Waals surface area contributed by atoms with Gasteiger partial charge >= 0.3 is 5.76 Å². The summed E-state index contributed by atoms with van der Waals surface area (Å²) < 4.78 is 6.66. The van der Waals surface area contributed by atoms with Crippen molar-refractivity contribution in [1.29, 1.82) is 0 Å². The standard InChI is InChI=1S/C13H18N2O3/c1-14(2)10(6-7-16)9-4-5-11-12(8-9)18-13(17)15(11)3/h4-5,8,10,16H,6-7H2,1-3H3. The van der Waals surface area contributed by atoms with E-state index < -0.39 is 0 Å². The molecule has 0 amide bonds. The van der Waals surface area contributed by atoms with E-state index in [2.05, 4.69) is 0 Å². The largest absolute Gasteiger partial charge is 0.419 e. The molecule has 5 nitrogen and oxygen atoms in total. The second-order valence-corrected chi connectivity index (χ2v) is 4.65. The third kappa shape index (κ3) is 2.19. The zero-order valence-corrected chi connectivity index (χ0v) is 10.9. The van der Waals surface area contributed by atoms with Crippen LogP contribution >= 0.6 is 0 Å². The number of hydrogen-bond acceptors (Lipinski definition) is 4. The number of rotatable bonds is 4. The normalized spacial score (nSPS) is 13.4. The van der Waals surface area contributed by atoms with Gasteiger partial charge in [-0.25, -0.2) is 4.79 Å². The number of fused-ring (bicyclic) bond motifs is 1. The van der Waals surface area contributed by atoms with Crippen LogP contribution in [0.5, 0.6) is 0 Å². The first-order chi connectivity index (χ1) is 8.54.